The minimum absolute atomic E-state index is 0.0289. The van der Waals surface area contributed by atoms with Crippen molar-refractivity contribution in [3.8, 4) is 6.07 Å². The van der Waals surface area contributed by atoms with Gasteiger partial charge in [0.2, 0.25) is 0 Å². The molecule has 0 radical (unpaired) electrons. The summed E-state index contributed by atoms with van der Waals surface area (Å²) in [6.07, 6.45) is 4.33. The van der Waals surface area contributed by atoms with Crippen molar-refractivity contribution in [3.05, 3.63) is 28.7 Å². The lowest BCUT2D eigenvalue weighted by Crippen LogP contribution is -2.19. The van der Waals surface area contributed by atoms with E-state index in [-0.39, 0.29) is 11.0 Å². The lowest BCUT2D eigenvalue weighted by molar-refractivity contribution is 0.415. The number of nitriles is 1. The average molecular weight is 233 g/mol. The Morgan fingerprint density at radius 1 is 1.41 bits per heavy atom. The number of anilines is 1. The predicted molar refractivity (Wildman–Crippen MR) is 68.4 cm³/mol. The fourth-order valence-electron chi connectivity index (χ4n) is 1.63. The predicted octanol–water partition coefficient (Wildman–Crippen LogP) is 2.15. The topological polar surface area (TPSA) is 71.8 Å². The Morgan fingerprint density at radius 2 is 2.12 bits per heavy atom. The quantitative estimate of drug-likeness (QED) is 0.792. The zero-order chi connectivity index (χ0) is 12.9. The third-order valence-electron chi connectivity index (χ3n) is 2.76. The normalized spacial score (nSPS) is 11.1. The minimum Gasteiger partial charge on any atom is -0.398 e. The van der Waals surface area contributed by atoms with E-state index in [0.29, 0.717) is 12.2 Å². The molecule has 4 heteroatoms. The Morgan fingerprint density at radius 3 is 2.76 bits per heavy atom. The average Bonchev–Trinajstić information content (AvgIpc) is 2.29. The molecule has 2 N–H and O–H groups in total. The van der Waals surface area contributed by atoms with E-state index in [0.717, 1.165) is 19.3 Å². The number of nitrogens with two attached hydrogens (primary N) is 1. The number of hydrogen-bond acceptors (Lipinski definition) is 3. The van der Waals surface area contributed by atoms with Gasteiger partial charge >= 0.3 is 0 Å². The van der Waals surface area contributed by atoms with Crippen molar-refractivity contribution >= 4 is 5.69 Å². The lowest BCUT2D eigenvalue weighted by atomic mass is 9.89. The number of aromatic nitrogens is 1. The van der Waals surface area contributed by atoms with E-state index >= 15 is 0 Å². The Balaban J connectivity index is 2.45. The van der Waals surface area contributed by atoms with Gasteiger partial charge in [-0.15, -0.1) is 0 Å². The van der Waals surface area contributed by atoms with Crippen LogP contribution in [0.3, 0.4) is 0 Å². The van der Waals surface area contributed by atoms with Crippen LogP contribution in [0.1, 0.15) is 33.1 Å². The molecule has 17 heavy (non-hydrogen) atoms. The van der Waals surface area contributed by atoms with E-state index in [9.17, 15) is 4.79 Å². The van der Waals surface area contributed by atoms with E-state index in [1.807, 2.05) is 13.8 Å². The molecule has 1 heterocycles. The maximum absolute atomic E-state index is 11.5. The van der Waals surface area contributed by atoms with Gasteiger partial charge in [-0.05, 0) is 32.8 Å². The molecule has 1 aromatic heterocycles. The monoisotopic (exact) mass is 233 g/mol. The second-order valence-electron chi connectivity index (χ2n) is 4.95. The van der Waals surface area contributed by atoms with E-state index < -0.39 is 0 Å². The van der Waals surface area contributed by atoms with Gasteiger partial charge in [0.15, 0.2) is 0 Å². The van der Waals surface area contributed by atoms with Crippen LogP contribution in [0.25, 0.3) is 0 Å². The summed E-state index contributed by atoms with van der Waals surface area (Å²) < 4.78 is 1.62. The van der Waals surface area contributed by atoms with Crippen molar-refractivity contribution in [2.75, 3.05) is 5.73 Å². The molecule has 0 aromatic carbocycles. The molecule has 1 aromatic rings. The molecule has 0 atom stereocenters. The van der Waals surface area contributed by atoms with Crippen molar-refractivity contribution in [3.63, 3.8) is 0 Å². The second-order valence-corrected chi connectivity index (χ2v) is 4.95. The number of nitrogen functional groups attached to an aromatic ring is 1. The molecule has 0 spiro atoms. The summed E-state index contributed by atoms with van der Waals surface area (Å²) in [5.41, 5.74) is 5.91. The van der Waals surface area contributed by atoms with Crippen molar-refractivity contribution in [2.45, 2.75) is 39.7 Å². The van der Waals surface area contributed by atoms with Crippen LogP contribution in [0.4, 0.5) is 5.69 Å². The summed E-state index contributed by atoms with van der Waals surface area (Å²) in [5.74, 6) is 0. The molecule has 0 aliphatic rings. The van der Waals surface area contributed by atoms with Crippen LogP contribution < -0.4 is 11.3 Å². The Kier molecular flexibility index (Phi) is 4.33. The smallest absolute Gasteiger partial charge is 0.250 e. The fraction of sp³-hybridized carbons (Fsp3) is 0.538. The number of pyridine rings is 1. The van der Waals surface area contributed by atoms with Crippen molar-refractivity contribution < 1.29 is 0 Å². The molecule has 1 rings (SSSR count). The van der Waals surface area contributed by atoms with Crippen molar-refractivity contribution in [1.82, 2.24) is 4.57 Å². The van der Waals surface area contributed by atoms with Gasteiger partial charge in [0.05, 0.1) is 11.5 Å². The molecule has 4 nitrogen and oxygen atoms in total. The third kappa shape index (κ3) is 4.31. The second kappa shape index (κ2) is 5.53. The highest BCUT2D eigenvalue weighted by Gasteiger charge is 2.15. The zero-order valence-electron chi connectivity index (χ0n) is 10.4. The first-order valence-corrected chi connectivity index (χ1v) is 5.82. The number of aryl methyl sites for hydroxylation is 1. The van der Waals surface area contributed by atoms with E-state index in [4.69, 9.17) is 11.0 Å². The van der Waals surface area contributed by atoms with Crippen molar-refractivity contribution in [1.29, 1.82) is 5.26 Å². The van der Waals surface area contributed by atoms with Gasteiger partial charge in [-0.3, -0.25) is 4.79 Å². The summed E-state index contributed by atoms with van der Waals surface area (Å²) in [6.45, 7) is 4.52. The number of unbranched alkanes of at least 4 members (excludes halogenated alkanes) is 1. The van der Waals surface area contributed by atoms with Crippen LogP contribution in [0.5, 0.6) is 0 Å². The van der Waals surface area contributed by atoms with Gasteiger partial charge < -0.3 is 10.3 Å². The first kappa shape index (κ1) is 13.3. The molecule has 0 aliphatic carbocycles. The largest absolute Gasteiger partial charge is 0.398 e. The Labute approximate surface area is 102 Å². The van der Waals surface area contributed by atoms with E-state index in [1.165, 1.54) is 6.07 Å². The first-order chi connectivity index (χ1) is 7.94. The van der Waals surface area contributed by atoms with Gasteiger partial charge in [0, 0.05) is 24.5 Å². The number of nitrogens with zero attached hydrogens (tertiary/aromatic N) is 2. The Hall–Kier alpha value is -1.76. The molecule has 0 aliphatic heterocycles. The molecule has 0 fully saturated rings. The lowest BCUT2D eigenvalue weighted by Gasteiger charge is -2.14. The van der Waals surface area contributed by atoms with Crippen LogP contribution in [-0.2, 0) is 6.54 Å². The zero-order valence-corrected chi connectivity index (χ0v) is 10.4. The van der Waals surface area contributed by atoms with E-state index in [2.05, 4.69) is 6.07 Å². The van der Waals surface area contributed by atoms with Crippen LogP contribution in [0, 0.1) is 16.7 Å². The van der Waals surface area contributed by atoms with Crippen LogP contribution >= 0.6 is 0 Å². The third-order valence-corrected chi connectivity index (χ3v) is 2.76. The van der Waals surface area contributed by atoms with Crippen molar-refractivity contribution in [2.24, 2.45) is 5.41 Å². The summed E-state index contributed by atoms with van der Waals surface area (Å²) in [7, 11) is 0. The van der Waals surface area contributed by atoms with Gasteiger partial charge in [-0.1, -0.05) is 6.42 Å². The van der Waals surface area contributed by atoms with Gasteiger partial charge in [-0.2, -0.15) is 5.26 Å². The van der Waals surface area contributed by atoms with Crippen LogP contribution in [-0.4, -0.2) is 4.57 Å². The maximum Gasteiger partial charge on any atom is 0.250 e. The standard InChI is InChI=1S/C13H19N3O/c1-13(2,10-14)7-3-4-8-16-9-11(15)5-6-12(16)17/h5-6,9H,3-4,7-8,15H2,1-2H3. The molecular weight excluding hydrogens is 214 g/mol. The van der Waals surface area contributed by atoms with Crippen LogP contribution in [0.2, 0.25) is 0 Å². The fourth-order valence-corrected chi connectivity index (χ4v) is 1.63. The highest BCUT2D eigenvalue weighted by Crippen LogP contribution is 2.21. The first-order valence-electron chi connectivity index (χ1n) is 5.82. The van der Waals surface area contributed by atoms with Crippen LogP contribution in [0.15, 0.2) is 23.1 Å². The maximum atomic E-state index is 11.5. The molecule has 0 saturated carbocycles. The van der Waals surface area contributed by atoms with Gasteiger partial charge in [0.25, 0.3) is 5.56 Å². The summed E-state index contributed by atoms with van der Waals surface area (Å²) in [4.78, 5) is 11.5. The number of rotatable bonds is 5. The molecular formula is C13H19N3O. The molecule has 92 valence electrons. The van der Waals surface area contributed by atoms with Gasteiger partial charge in [0.1, 0.15) is 0 Å². The molecule has 0 saturated heterocycles. The van der Waals surface area contributed by atoms with Gasteiger partial charge in [-0.25, -0.2) is 0 Å². The number of hydrogen-bond donors (Lipinski definition) is 1. The highest BCUT2D eigenvalue weighted by atomic mass is 16.1. The SMILES string of the molecule is CC(C)(C#N)CCCCn1cc(N)ccc1=O. The molecule has 0 amide bonds. The summed E-state index contributed by atoms with van der Waals surface area (Å²) in [5, 5.41) is 8.87. The Bertz CT molecular complexity index is 468. The highest BCUT2D eigenvalue weighted by molar-refractivity contribution is 5.33. The minimum atomic E-state index is -0.277. The summed E-state index contributed by atoms with van der Waals surface area (Å²) >= 11 is 0. The molecule has 0 unspecified atom stereocenters. The molecule has 0 bridgehead atoms. The van der Waals surface area contributed by atoms with E-state index in [1.54, 1.807) is 16.8 Å². The summed E-state index contributed by atoms with van der Waals surface area (Å²) in [6, 6.07) is 5.36.